The molecule has 2 aromatic heterocycles. The molecule has 0 amide bonds. The lowest BCUT2D eigenvalue weighted by molar-refractivity contribution is -0.215. The highest BCUT2D eigenvalue weighted by Gasteiger charge is 2.43. The van der Waals surface area contributed by atoms with Crippen LogP contribution in [0, 0.1) is 11.3 Å². The second kappa shape index (κ2) is 10.9. The minimum Gasteiger partial charge on any atom is -0.458 e. The van der Waals surface area contributed by atoms with E-state index in [0.29, 0.717) is 17.6 Å². The number of aromatic amines is 1. The molecule has 0 spiro atoms. The first-order chi connectivity index (χ1) is 18.8. The average molecular weight is 562 g/mol. The molecule has 10 nitrogen and oxygen atoms in total. The molecule has 3 atom stereocenters. The van der Waals surface area contributed by atoms with Crippen molar-refractivity contribution in [3.05, 3.63) is 52.4 Å². The van der Waals surface area contributed by atoms with Crippen LogP contribution in [-0.2, 0) is 24.5 Å². The van der Waals surface area contributed by atoms with Crippen LogP contribution in [0.1, 0.15) is 51.7 Å². The molecule has 0 bridgehead atoms. The maximum atomic E-state index is 13.2. The Morgan fingerprint density at radius 3 is 2.55 bits per heavy atom. The molecule has 0 aliphatic carbocycles. The topological polar surface area (TPSA) is 131 Å². The van der Waals surface area contributed by atoms with Gasteiger partial charge < -0.3 is 24.5 Å². The van der Waals surface area contributed by atoms with Crippen molar-refractivity contribution in [2.75, 3.05) is 19.0 Å². The standard InChI is InChI=1S/C27H30F3N5O5/c1-25(2,3)40-24(37)19-9-11-26(12-13-31,15-39-19)35-18-10-14-32-23(36)20(18)22(34-35)33-17-7-5-16(6-8-17)21(38-4)27(28,29)30/h5-8,10,14,19,21H,9,11-12,15H2,1-4H3,(H,32,36)(H,33,34)/t19-,21+,26-/m0/s1. The lowest BCUT2D eigenvalue weighted by Crippen LogP contribution is -2.47. The zero-order valence-corrected chi connectivity index (χ0v) is 22.5. The Morgan fingerprint density at radius 1 is 1.30 bits per heavy atom. The summed E-state index contributed by atoms with van der Waals surface area (Å²) >= 11 is 0. The Kier molecular flexibility index (Phi) is 7.96. The fourth-order valence-corrected chi connectivity index (χ4v) is 4.76. The second-order valence-electron chi connectivity index (χ2n) is 10.7. The number of fused-ring (bicyclic) bond motifs is 1. The molecule has 3 aromatic rings. The Hall–Kier alpha value is -3.89. The predicted molar refractivity (Wildman–Crippen MR) is 139 cm³/mol. The number of benzene rings is 1. The van der Waals surface area contributed by atoms with Crippen molar-refractivity contribution in [2.24, 2.45) is 0 Å². The van der Waals surface area contributed by atoms with Crippen molar-refractivity contribution in [3.63, 3.8) is 0 Å². The maximum absolute atomic E-state index is 13.2. The zero-order chi connectivity index (χ0) is 29.3. The summed E-state index contributed by atoms with van der Waals surface area (Å²) < 4.78 is 57.2. The van der Waals surface area contributed by atoms with Crippen molar-refractivity contribution in [1.29, 1.82) is 5.26 Å². The quantitative estimate of drug-likeness (QED) is 0.392. The van der Waals surface area contributed by atoms with E-state index in [2.05, 4.69) is 26.2 Å². The number of H-pyrrole nitrogens is 1. The largest absolute Gasteiger partial charge is 0.458 e. The highest BCUT2D eigenvalue weighted by atomic mass is 19.4. The number of carbonyl (C=O) groups excluding carboxylic acids is 1. The third-order valence-corrected chi connectivity index (χ3v) is 6.57. The molecule has 1 aliphatic heterocycles. The van der Waals surface area contributed by atoms with Crippen molar-refractivity contribution in [2.45, 2.75) is 69.6 Å². The molecule has 1 aliphatic rings. The molecule has 0 radical (unpaired) electrons. The van der Waals surface area contributed by atoms with Gasteiger partial charge >= 0.3 is 12.1 Å². The van der Waals surface area contributed by atoms with Crippen LogP contribution in [-0.4, -0.2) is 52.3 Å². The van der Waals surface area contributed by atoms with Gasteiger partial charge in [-0.05, 0) is 57.4 Å². The van der Waals surface area contributed by atoms with E-state index >= 15 is 0 Å². The van der Waals surface area contributed by atoms with Crippen molar-refractivity contribution < 1.29 is 32.2 Å². The molecule has 1 aromatic carbocycles. The lowest BCUT2D eigenvalue weighted by Gasteiger charge is -2.39. The van der Waals surface area contributed by atoms with E-state index in [1.54, 1.807) is 31.5 Å². The smallest absolute Gasteiger partial charge is 0.418 e. The van der Waals surface area contributed by atoms with Gasteiger partial charge in [0.1, 0.15) is 11.0 Å². The zero-order valence-electron chi connectivity index (χ0n) is 22.5. The van der Waals surface area contributed by atoms with E-state index in [1.807, 2.05) is 0 Å². The summed E-state index contributed by atoms with van der Waals surface area (Å²) in [7, 11) is 0.983. The molecule has 1 saturated heterocycles. The number of carbonyl (C=O) groups is 1. The minimum atomic E-state index is -4.58. The van der Waals surface area contributed by atoms with Crippen LogP contribution in [0.25, 0.3) is 10.9 Å². The Balaban J connectivity index is 1.67. The number of anilines is 2. The monoisotopic (exact) mass is 561 g/mol. The number of hydrogen-bond donors (Lipinski definition) is 2. The fourth-order valence-electron chi connectivity index (χ4n) is 4.76. The molecule has 0 saturated carbocycles. The molecule has 214 valence electrons. The van der Waals surface area contributed by atoms with Crippen LogP contribution in [0.15, 0.2) is 41.3 Å². The first-order valence-corrected chi connectivity index (χ1v) is 12.6. The number of hydrogen-bond acceptors (Lipinski definition) is 8. The van der Waals surface area contributed by atoms with Crippen molar-refractivity contribution >= 4 is 28.4 Å². The number of pyridine rings is 1. The van der Waals surface area contributed by atoms with Crippen LogP contribution in [0.5, 0.6) is 0 Å². The van der Waals surface area contributed by atoms with Gasteiger partial charge in [0, 0.05) is 19.0 Å². The van der Waals surface area contributed by atoms with Crippen molar-refractivity contribution in [3.8, 4) is 6.07 Å². The Morgan fingerprint density at radius 2 is 2.00 bits per heavy atom. The summed E-state index contributed by atoms with van der Waals surface area (Å²) in [5.74, 6) is -0.345. The van der Waals surface area contributed by atoms with E-state index in [4.69, 9.17) is 9.47 Å². The summed E-state index contributed by atoms with van der Waals surface area (Å²) in [5, 5.41) is 17.5. The highest BCUT2D eigenvalue weighted by molar-refractivity contribution is 5.91. The van der Waals surface area contributed by atoms with Gasteiger partial charge in [-0.1, -0.05) is 12.1 Å². The highest BCUT2D eigenvalue weighted by Crippen LogP contribution is 2.38. The number of ether oxygens (including phenoxy) is 3. The molecular weight excluding hydrogens is 531 g/mol. The minimum absolute atomic E-state index is 0.0123. The van der Waals surface area contributed by atoms with Crippen LogP contribution in [0.4, 0.5) is 24.7 Å². The van der Waals surface area contributed by atoms with Crippen LogP contribution in [0.3, 0.4) is 0 Å². The van der Waals surface area contributed by atoms with Crippen LogP contribution >= 0.6 is 0 Å². The number of nitrogens with one attached hydrogen (secondary N) is 2. The number of nitriles is 1. The van der Waals surface area contributed by atoms with Gasteiger partial charge in [0.2, 0.25) is 0 Å². The number of nitrogens with zero attached hydrogens (tertiary/aromatic N) is 3. The van der Waals surface area contributed by atoms with Crippen LogP contribution in [0.2, 0.25) is 0 Å². The molecule has 3 heterocycles. The van der Waals surface area contributed by atoms with Crippen LogP contribution < -0.4 is 10.9 Å². The number of esters is 1. The number of rotatable bonds is 7. The number of halogens is 3. The summed E-state index contributed by atoms with van der Waals surface area (Å²) in [5.41, 5.74) is -1.39. The van der Waals surface area contributed by atoms with E-state index in [-0.39, 0.29) is 36.2 Å². The second-order valence-corrected chi connectivity index (χ2v) is 10.7. The molecular formula is C27H30F3N5O5. The first-order valence-electron chi connectivity index (χ1n) is 12.6. The molecule has 0 unspecified atom stereocenters. The Bertz CT molecular complexity index is 1460. The average Bonchev–Trinajstić information content (AvgIpc) is 3.24. The summed E-state index contributed by atoms with van der Waals surface area (Å²) in [6, 6.07) is 9.21. The third kappa shape index (κ3) is 5.97. The van der Waals surface area contributed by atoms with E-state index in [1.165, 1.54) is 30.5 Å². The van der Waals surface area contributed by atoms with Gasteiger partial charge in [-0.3, -0.25) is 9.48 Å². The van der Waals surface area contributed by atoms with Gasteiger partial charge in [0.05, 0.1) is 30.2 Å². The van der Waals surface area contributed by atoms with Gasteiger partial charge in [0.15, 0.2) is 18.0 Å². The first kappa shape index (κ1) is 29.1. The summed E-state index contributed by atoms with van der Waals surface area (Å²) in [6.07, 6.45) is -5.40. The van der Waals surface area contributed by atoms with E-state index in [9.17, 15) is 28.0 Å². The van der Waals surface area contributed by atoms with Gasteiger partial charge in [-0.25, -0.2) is 4.79 Å². The molecule has 40 heavy (non-hydrogen) atoms. The number of aromatic nitrogens is 3. The summed E-state index contributed by atoms with van der Waals surface area (Å²) in [6.45, 7) is 5.25. The molecule has 1 fully saturated rings. The predicted octanol–water partition coefficient (Wildman–Crippen LogP) is 4.85. The maximum Gasteiger partial charge on any atom is 0.418 e. The number of alkyl halides is 3. The molecule has 2 N–H and O–H groups in total. The van der Waals surface area contributed by atoms with Gasteiger partial charge in [-0.2, -0.15) is 23.5 Å². The summed E-state index contributed by atoms with van der Waals surface area (Å²) in [4.78, 5) is 28.0. The van der Waals surface area contributed by atoms with E-state index < -0.39 is 41.1 Å². The van der Waals surface area contributed by atoms with Crippen molar-refractivity contribution in [1.82, 2.24) is 14.8 Å². The van der Waals surface area contributed by atoms with E-state index in [0.717, 1.165) is 7.11 Å². The molecule has 4 rings (SSSR count). The van der Waals surface area contributed by atoms with Gasteiger partial charge in [0.25, 0.3) is 5.56 Å². The molecule has 13 heteroatoms. The fraction of sp³-hybridized carbons (Fsp3) is 0.481. The SMILES string of the molecule is CO[C@H](c1ccc(Nc2nn([C@]3(CC#N)CC[C@@H](C(=O)OC(C)(C)C)OC3)c3cc[nH]c(=O)c23)cc1)C(F)(F)F. The number of methoxy groups -OCH3 is 1. The normalized spacial score (nSPS) is 20.6. The third-order valence-electron chi connectivity index (χ3n) is 6.57. The van der Waals surface area contributed by atoms with Gasteiger partial charge in [-0.15, -0.1) is 0 Å². The Labute approximate surface area is 228 Å². The lowest BCUT2D eigenvalue weighted by atomic mass is 9.87.